The Balaban J connectivity index is 1.50. The molecule has 32 heavy (non-hydrogen) atoms. The van der Waals surface area contributed by atoms with Gasteiger partial charge in [0.15, 0.2) is 0 Å². The Labute approximate surface area is 192 Å². The van der Waals surface area contributed by atoms with Gasteiger partial charge in [-0.1, -0.05) is 108 Å². The monoisotopic (exact) mass is 441 g/mol. The maximum Gasteiger partial charge on any atom is 0.333 e. The number of phenolic OH excluding ortho intramolecular Hbond substituents is 1. The molecule has 0 aliphatic carbocycles. The number of hydrogen-bond donors (Lipinski definition) is 4. The molecule has 0 aromatic heterocycles. The van der Waals surface area contributed by atoms with Crippen molar-refractivity contribution in [1.29, 1.82) is 0 Å². The van der Waals surface area contributed by atoms with Crippen molar-refractivity contribution in [3.8, 4) is 5.75 Å². The number of rotatable bonds is 14. The van der Waals surface area contributed by atoms with E-state index in [2.05, 4.69) is 23.1 Å². The second kappa shape index (κ2) is 15.1. The van der Waals surface area contributed by atoms with Gasteiger partial charge in [-0.25, -0.2) is 10.2 Å². The first kappa shape index (κ1) is 25.5. The van der Waals surface area contributed by atoms with E-state index in [4.69, 9.17) is 0 Å². The zero-order valence-corrected chi connectivity index (χ0v) is 19.4. The Morgan fingerprint density at radius 3 is 2.00 bits per heavy atom. The number of urea groups is 1. The number of hydrazine groups is 1. The molecule has 4 N–H and O–H groups in total. The van der Waals surface area contributed by atoms with Gasteiger partial charge in [-0.2, -0.15) is 0 Å². The van der Waals surface area contributed by atoms with Crippen LogP contribution in [0.15, 0.2) is 36.4 Å². The first-order valence-corrected chi connectivity index (χ1v) is 12.2. The molecule has 2 rings (SSSR count). The minimum atomic E-state index is -0.561. The van der Waals surface area contributed by atoms with E-state index in [1.54, 1.807) is 24.3 Å². The fraction of sp³-hybridized carbons (Fsp3) is 0.538. The van der Waals surface area contributed by atoms with Gasteiger partial charge in [0.25, 0.3) is 5.91 Å². The van der Waals surface area contributed by atoms with Crippen molar-refractivity contribution in [3.63, 3.8) is 0 Å². The van der Waals surface area contributed by atoms with Crippen LogP contribution in [-0.2, 0) is 0 Å². The number of nitrogens with one attached hydrogen (secondary N) is 3. The first-order chi connectivity index (χ1) is 15.6. The van der Waals surface area contributed by atoms with E-state index in [-0.39, 0.29) is 11.3 Å². The molecule has 0 bridgehead atoms. The first-order valence-electron chi connectivity index (χ1n) is 12.2. The van der Waals surface area contributed by atoms with Gasteiger partial charge in [-0.15, -0.1) is 0 Å². The van der Waals surface area contributed by atoms with Crippen LogP contribution in [0.25, 0.3) is 10.8 Å². The van der Waals surface area contributed by atoms with E-state index in [9.17, 15) is 14.7 Å². The number of amides is 3. The molecular formula is C26H39N3O3. The number of hydrogen-bond acceptors (Lipinski definition) is 3. The number of fused-ring (bicyclic) bond motifs is 1. The van der Waals surface area contributed by atoms with Crippen LogP contribution in [0.3, 0.4) is 0 Å². The Hall–Kier alpha value is -2.76. The minimum absolute atomic E-state index is 0.0979. The van der Waals surface area contributed by atoms with E-state index in [1.165, 1.54) is 64.2 Å². The maximum absolute atomic E-state index is 12.3. The zero-order valence-electron chi connectivity index (χ0n) is 19.4. The smallest absolute Gasteiger partial charge is 0.333 e. The molecular weight excluding hydrogens is 402 g/mol. The Morgan fingerprint density at radius 1 is 0.750 bits per heavy atom. The zero-order chi connectivity index (χ0) is 23.0. The predicted octanol–water partition coefficient (Wildman–Crippen LogP) is 6.19. The van der Waals surface area contributed by atoms with Crippen molar-refractivity contribution in [2.24, 2.45) is 0 Å². The Morgan fingerprint density at radius 2 is 1.34 bits per heavy atom. The standard InChI is InChI=1S/C26H39N3O3/c1-2-3-4-5-6-7-8-9-10-11-12-15-20-27-26(32)29-28-25(31)23-19-18-21-16-13-14-17-22(21)24(23)30/h13-14,16-19,30H,2-12,15,20H2,1H3,(H,28,31)(H2,27,29,32). The molecule has 0 saturated heterocycles. The average molecular weight is 442 g/mol. The number of phenols is 1. The van der Waals surface area contributed by atoms with E-state index >= 15 is 0 Å². The van der Waals surface area contributed by atoms with Crippen LogP contribution in [-0.4, -0.2) is 23.6 Å². The number of aromatic hydroxyl groups is 1. The van der Waals surface area contributed by atoms with Crippen LogP contribution in [0.4, 0.5) is 4.79 Å². The lowest BCUT2D eigenvalue weighted by Crippen LogP contribution is -2.47. The number of carbonyl (C=O) groups excluding carboxylic acids is 2. The molecule has 176 valence electrons. The normalized spacial score (nSPS) is 10.8. The highest BCUT2D eigenvalue weighted by molar-refractivity contribution is 6.03. The molecule has 0 fully saturated rings. The second-order valence-electron chi connectivity index (χ2n) is 8.41. The molecule has 0 aliphatic rings. The number of carbonyl (C=O) groups is 2. The highest BCUT2D eigenvalue weighted by Crippen LogP contribution is 2.28. The van der Waals surface area contributed by atoms with Gasteiger partial charge < -0.3 is 10.4 Å². The van der Waals surface area contributed by atoms with Gasteiger partial charge in [0, 0.05) is 11.9 Å². The summed E-state index contributed by atoms with van der Waals surface area (Å²) in [6.07, 6.45) is 15.3. The molecule has 0 spiro atoms. The topological polar surface area (TPSA) is 90.5 Å². The fourth-order valence-corrected chi connectivity index (χ4v) is 3.83. The molecule has 6 heteroatoms. The van der Waals surface area contributed by atoms with Gasteiger partial charge in [-0.3, -0.25) is 10.2 Å². The highest BCUT2D eigenvalue weighted by atomic mass is 16.3. The molecule has 0 saturated carbocycles. The van der Waals surface area contributed by atoms with Crippen LogP contribution >= 0.6 is 0 Å². The van der Waals surface area contributed by atoms with Crippen LogP contribution in [0.1, 0.15) is 94.3 Å². The Kier molecular flexibility index (Phi) is 12.0. The third kappa shape index (κ3) is 9.16. The molecule has 0 heterocycles. The van der Waals surface area contributed by atoms with Crippen LogP contribution in [0.5, 0.6) is 5.75 Å². The lowest BCUT2D eigenvalue weighted by Gasteiger charge is -2.11. The molecule has 0 aliphatic heterocycles. The van der Waals surface area contributed by atoms with E-state index in [1.807, 2.05) is 12.1 Å². The SMILES string of the molecule is CCCCCCCCCCCCCCNC(=O)NNC(=O)c1ccc2ccccc2c1O. The van der Waals surface area contributed by atoms with Gasteiger partial charge in [0.2, 0.25) is 0 Å². The summed E-state index contributed by atoms with van der Waals surface area (Å²) in [6.45, 7) is 2.82. The van der Waals surface area contributed by atoms with Crippen LogP contribution < -0.4 is 16.2 Å². The van der Waals surface area contributed by atoms with E-state index in [0.29, 0.717) is 11.9 Å². The Bertz CT molecular complexity index is 838. The second-order valence-corrected chi connectivity index (χ2v) is 8.41. The third-order valence-electron chi connectivity index (χ3n) is 5.75. The fourth-order valence-electron chi connectivity index (χ4n) is 3.83. The lowest BCUT2D eigenvalue weighted by molar-refractivity contribution is 0.0934. The number of benzene rings is 2. The van der Waals surface area contributed by atoms with Gasteiger partial charge in [-0.05, 0) is 17.9 Å². The van der Waals surface area contributed by atoms with Crippen molar-refractivity contribution in [2.75, 3.05) is 6.54 Å². The molecule has 2 aromatic carbocycles. The molecule has 0 atom stereocenters. The van der Waals surface area contributed by atoms with E-state index in [0.717, 1.165) is 18.2 Å². The molecule has 3 amide bonds. The summed E-state index contributed by atoms with van der Waals surface area (Å²) in [6, 6.07) is 10.1. The lowest BCUT2D eigenvalue weighted by atomic mass is 10.1. The van der Waals surface area contributed by atoms with Gasteiger partial charge in [0.05, 0.1) is 5.56 Å². The van der Waals surface area contributed by atoms with Crippen molar-refractivity contribution >= 4 is 22.7 Å². The molecule has 6 nitrogen and oxygen atoms in total. The molecule has 0 radical (unpaired) electrons. The minimum Gasteiger partial charge on any atom is -0.506 e. The predicted molar refractivity (Wildman–Crippen MR) is 131 cm³/mol. The van der Waals surface area contributed by atoms with Crippen LogP contribution in [0, 0.1) is 0 Å². The van der Waals surface area contributed by atoms with Crippen molar-refractivity contribution < 1.29 is 14.7 Å². The van der Waals surface area contributed by atoms with Gasteiger partial charge in [0.1, 0.15) is 5.75 Å². The van der Waals surface area contributed by atoms with Crippen molar-refractivity contribution in [3.05, 3.63) is 42.0 Å². The summed E-state index contributed by atoms with van der Waals surface area (Å²) < 4.78 is 0. The average Bonchev–Trinajstić information content (AvgIpc) is 2.81. The highest BCUT2D eigenvalue weighted by Gasteiger charge is 2.14. The summed E-state index contributed by atoms with van der Waals surface area (Å²) in [5.41, 5.74) is 4.79. The summed E-state index contributed by atoms with van der Waals surface area (Å²) in [4.78, 5) is 24.2. The van der Waals surface area contributed by atoms with Crippen molar-refractivity contribution in [1.82, 2.24) is 16.2 Å². The van der Waals surface area contributed by atoms with Crippen LogP contribution in [0.2, 0.25) is 0 Å². The quantitative estimate of drug-likeness (QED) is 0.208. The largest absolute Gasteiger partial charge is 0.506 e. The van der Waals surface area contributed by atoms with Crippen molar-refractivity contribution in [2.45, 2.75) is 84.0 Å². The summed E-state index contributed by atoms with van der Waals surface area (Å²) in [7, 11) is 0. The maximum atomic E-state index is 12.3. The van der Waals surface area contributed by atoms with Gasteiger partial charge >= 0.3 is 6.03 Å². The molecule has 0 unspecified atom stereocenters. The van der Waals surface area contributed by atoms with E-state index < -0.39 is 11.9 Å². The third-order valence-corrected chi connectivity index (χ3v) is 5.75. The summed E-state index contributed by atoms with van der Waals surface area (Å²) in [5.74, 6) is -0.659. The summed E-state index contributed by atoms with van der Waals surface area (Å²) >= 11 is 0. The number of unbranched alkanes of at least 4 members (excludes halogenated alkanes) is 11. The molecule has 2 aromatic rings. The summed E-state index contributed by atoms with van der Waals surface area (Å²) in [5, 5.41) is 14.5.